The van der Waals surface area contributed by atoms with Crippen molar-refractivity contribution in [1.82, 2.24) is 10.2 Å². The maximum atomic E-state index is 13.0. The Bertz CT molecular complexity index is 983. The van der Waals surface area contributed by atoms with Crippen molar-refractivity contribution in [1.29, 1.82) is 0 Å². The van der Waals surface area contributed by atoms with Crippen molar-refractivity contribution in [2.24, 2.45) is 0 Å². The van der Waals surface area contributed by atoms with Crippen molar-refractivity contribution in [2.45, 2.75) is 18.9 Å². The first-order valence-corrected chi connectivity index (χ1v) is 11.0. The maximum Gasteiger partial charge on any atom is 0.253 e. The fourth-order valence-corrected chi connectivity index (χ4v) is 3.74. The topological polar surface area (TPSA) is 95.6 Å². The maximum absolute atomic E-state index is 13.0. The molecule has 9 heteroatoms. The molecule has 0 spiro atoms. The number of hydrogen-bond donors (Lipinski definition) is 2. The minimum atomic E-state index is -3.37. The van der Waals surface area contributed by atoms with Gasteiger partial charge in [-0.1, -0.05) is 0 Å². The van der Waals surface area contributed by atoms with Crippen molar-refractivity contribution in [3.63, 3.8) is 0 Å². The molecule has 2 aromatic carbocycles. The first kappa shape index (κ1) is 20.8. The number of nitrogens with zero attached hydrogens (tertiary/aromatic N) is 1. The van der Waals surface area contributed by atoms with Gasteiger partial charge in [0.15, 0.2) is 0 Å². The number of likely N-dealkylation sites (tertiary alicyclic amines) is 1. The fraction of sp³-hybridized carbons (Fsp3) is 0.300. The summed E-state index contributed by atoms with van der Waals surface area (Å²) < 4.78 is 37.8. The van der Waals surface area contributed by atoms with Crippen LogP contribution in [-0.2, 0) is 10.0 Å². The Morgan fingerprint density at radius 1 is 0.966 bits per heavy atom. The number of piperidine rings is 1. The molecular weight excluding hydrogens is 397 g/mol. The molecule has 0 aromatic heterocycles. The van der Waals surface area contributed by atoms with Gasteiger partial charge in [-0.25, -0.2) is 12.8 Å². The number of carbonyl (C=O) groups excluding carboxylic acids is 2. The Morgan fingerprint density at radius 3 is 2.07 bits per heavy atom. The molecule has 0 bridgehead atoms. The molecule has 3 rings (SSSR count). The highest BCUT2D eigenvalue weighted by Crippen LogP contribution is 2.17. The summed E-state index contributed by atoms with van der Waals surface area (Å²) in [6, 6.07) is 11.6. The Hall–Kier alpha value is -2.94. The zero-order valence-electron chi connectivity index (χ0n) is 15.9. The van der Waals surface area contributed by atoms with E-state index in [-0.39, 0.29) is 17.9 Å². The average Bonchev–Trinajstić information content (AvgIpc) is 2.68. The number of halogens is 1. The summed E-state index contributed by atoms with van der Waals surface area (Å²) in [5, 5.41) is 2.92. The van der Waals surface area contributed by atoms with Crippen molar-refractivity contribution >= 4 is 27.5 Å². The molecule has 0 radical (unpaired) electrons. The highest BCUT2D eigenvalue weighted by Gasteiger charge is 2.25. The van der Waals surface area contributed by atoms with Crippen LogP contribution in [0, 0.1) is 5.82 Å². The van der Waals surface area contributed by atoms with Gasteiger partial charge in [0.1, 0.15) is 5.82 Å². The third-order valence-corrected chi connectivity index (χ3v) is 5.27. The second-order valence-corrected chi connectivity index (χ2v) is 8.75. The largest absolute Gasteiger partial charge is 0.349 e. The monoisotopic (exact) mass is 419 g/mol. The van der Waals surface area contributed by atoms with Gasteiger partial charge < -0.3 is 10.2 Å². The number of nitrogens with one attached hydrogen (secondary N) is 2. The molecule has 0 saturated carbocycles. The van der Waals surface area contributed by atoms with Gasteiger partial charge in [-0.05, 0) is 61.4 Å². The van der Waals surface area contributed by atoms with Gasteiger partial charge >= 0.3 is 0 Å². The molecule has 154 valence electrons. The zero-order chi connectivity index (χ0) is 21.0. The quantitative estimate of drug-likeness (QED) is 0.777. The van der Waals surface area contributed by atoms with Gasteiger partial charge in [0.2, 0.25) is 10.0 Å². The van der Waals surface area contributed by atoms with Gasteiger partial charge in [0.05, 0.1) is 6.26 Å². The Balaban J connectivity index is 1.52. The Morgan fingerprint density at radius 2 is 1.52 bits per heavy atom. The van der Waals surface area contributed by atoms with E-state index in [1.807, 2.05) is 0 Å². The number of sulfonamides is 1. The number of benzene rings is 2. The third-order valence-electron chi connectivity index (χ3n) is 4.66. The van der Waals surface area contributed by atoms with Crippen LogP contribution in [0.1, 0.15) is 33.6 Å². The van der Waals surface area contributed by atoms with Crippen LogP contribution in [0.2, 0.25) is 0 Å². The minimum absolute atomic E-state index is 0.0575. The van der Waals surface area contributed by atoms with Gasteiger partial charge in [0.25, 0.3) is 11.8 Å². The molecule has 1 saturated heterocycles. The van der Waals surface area contributed by atoms with E-state index in [1.54, 1.807) is 29.2 Å². The van der Waals surface area contributed by atoms with Crippen LogP contribution < -0.4 is 10.0 Å². The van der Waals surface area contributed by atoms with E-state index in [9.17, 15) is 22.4 Å². The number of hydrogen-bond acceptors (Lipinski definition) is 4. The van der Waals surface area contributed by atoms with Crippen LogP contribution in [0.15, 0.2) is 48.5 Å². The molecule has 0 atom stereocenters. The van der Waals surface area contributed by atoms with Crippen LogP contribution in [-0.4, -0.2) is 50.5 Å². The van der Waals surface area contributed by atoms with Crippen LogP contribution in [0.25, 0.3) is 0 Å². The van der Waals surface area contributed by atoms with Crippen molar-refractivity contribution < 1.29 is 22.4 Å². The number of amides is 2. The van der Waals surface area contributed by atoms with E-state index in [0.29, 0.717) is 42.7 Å². The van der Waals surface area contributed by atoms with Gasteiger partial charge in [0, 0.05) is 35.9 Å². The van der Waals surface area contributed by atoms with Crippen LogP contribution in [0.5, 0.6) is 0 Å². The Kier molecular flexibility index (Phi) is 6.17. The van der Waals surface area contributed by atoms with E-state index in [1.165, 1.54) is 24.3 Å². The first-order chi connectivity index (χ1) is 13.7. The smallest absolute Gasteiger partial charge is 0.253 e. The highest BCUT2D eigenvalue weighted by atomic mass is 32.2. The number of rotatable bonds is 5. The second-order valence-electron chi connectivity index (χ2n) is 7.00. The zero-order valence-corrected chi connectivity index (χ0v) is 16.7. The summed E-state index contributed by atoms with van der Waals surface area (Å²) in [5.74, 6) is -0.795. The molecule has 2 aromatic rings. The van der Waals surface area contributed by atoms with Crippen molar-refractivity contribution in [3.8, 4) is 0 Å². The molecule has 1 aliphatic heterocycles. The summed E-state index contributed by atoms with van der Waals surface area (Å²) >= 11 is 0. The summed E-state index contributed by atoms with van der Waals surface area (Å²) in [5.41, 5.74) is 1.26. The molecule has 29 heavy (non-hydrogen) atoms. The molecule has 1 heterocycles. The van der Waals surface area contributed by atoms with Crippen molar-refractivity contribution in [3.05, 3.63) is 65.5 Å². The molecule has 2 amide bonds. The minimum Gasteiger partial charge on any atom is -0.349 e. The van der Waals surface area contributed by atoms with E-state index < -0.39 is 15.8 Å². The Labute approximate surface area is 169 Å². The first-order valence-electron chi connectivity index (χ1n) is 9.15. The summed E-state index contributed by atoms with van der Waals surface area (Å²) in [7, 11) is -3.37. The predicted molar refractivity (Wildman–Crippen MR) is 108 cm³/mol. The standard InChI is InChI=1S/C20H22FN3O4S/c1-29(27,28)23-18-8-4-15(5-9-18)20(26)24-12-10-17(11-13-24)22-19(25)14-2-6-16(21)7-3-14/h2-9,17,23H,10-13H2,1H3,(H,22,25). The average molecular weight is 419 g/mol. The molecule has 0 unspecified atom stereocenters. The lowest BCUT2D eigenvalue weighted by molar-refractivity contribution is 0.0698. The van der Waals surface area contributed by atoms with Crippen LogP contribution >= 0.6 is 0 Å². The summed E-state index contributed by atoms with van der Waals surface area (Å²) in [4.78, 5) is 26.6. The SMILES string of the molecule is CS(=O)(=O)Nc1ccc(C(=O)N2CCC(NC(=O)c3ccc(F)cc3)CC2)cc1. The molecular formula is C20H22FN3O4S. The summed E-state index contributed by atoms with van der Waals surface area (Å²) in [6.45, 7) is 0.993. The third kappa shape index (κ3) is 5.77. The number of carbonyl (C=O) groups is 2. The van der Waals surface area contributed by atoms with E-state index in [2.05, 4.69) is 10.0 Å². The summed E-state index contributed by atoms with van der Waals surface area (Å²) in [6.07, 6.45) is 2.30. The van der Waals surface area contributed by atoms with Crippen LogP contribution in [0.3, 0.4) is 0 Å². The van der Waals surface area contributed by atoms with Crippen molar-refractivity contribution in [2.75, 3.05) is 24.1 Å². The van der Waals surface area contributed by atoms with Gasteiger partial charge in [-0.3, -0.25) is 14.3 Å². The lowest BCUT2D eigenvalue weighted by Crippen LogP contribution is -2.46. The fourth-order valence-electron chi connectivity index (χ4n) is 3.17. The number of anilines is 1. The molecule has 1 aliphatic rings. The van der Waals surface area contributed by atoms with E-state index in [0.717, 1.165) is 6.26 Å². The highest BCUT2D eigenvalue weighted by molar-refractivity contribution is 7.92. The lowest BCUT2D eigenvalue weighted by Gasteiger charge is -2.32. The molecule has 7 nitrogen and oxygen atoms in total. The second kappa shape index (κ2) is 8.60. The van der Waals surface area contributed by atoms with Gasteiger partial charge in [-0.2, -0.15) is 0 Å². The molecule has 1 fully saturated rings. The normalized spacial score (nSPS) is 15.0. The van der Waals surface area contributed by atoms with Crippen LogP contribution in [0.4, 0.5) is 10.1 Å². The van der Waals surface area contributed by atoms with Gasteiger partial charge in [-0.15, -0.1) is 0 Å². The molecule has 2 N–H and O–H groups in total. The predicted octanol–water partition coefficient (Wildman–Crippen LogP) is 2.23. The van der Waals surface area contributed by atoms with E-state index in [4.69, 9.17) is 0 Å². The molecule has 0 aliphatic carbocycles. The lowest BCUT2D eigenvalue weighted by atomic mass is 10.0. The van der Waals surface area contributed by atoms with E-state index >= 15 is 0 Å².